The zero-order valence-corrected chi connectivity index (χ0v) is 20.9. The van der Waals surface area contributed by atoms with Gasteiger partial charge in [-0.15, -0.1) is 0 Å². The van der Waals surface area contributed by atoms with E-state index in [2.05, 4.69) is 32.9 Å². The Morgan fingerprint density at radius 1 is 1.15 bits per heavy atom. The van der Waals surface area contributed by atoms with Gasteiger partial charge in [0.15, 0.2) is 16.7 Å². The van der Waals surface area contributed by atoms with E-state index in [9.17, 15) is 9.18 Å². The van der Waals surface area contributed by atoms with Crippen LogP contribution in [0.25, 0.3) is 6.08 Å². The summed E-state index contributed by atoms with van der Waals surface area (Å²) in [4.78, 5) is 17.5. The average Bonchev–Trinajstić information content (AvgIpc) is 3.13. The van der Waals surface area contributed by atoms with Crippen molar-refractivity contribution in [2.45, 2.75) is 13.5 Å². The summed E-state index contributed by atoms with van der Waals surface area (Å²) in [5.41, 5.74) is 3.16. The standard InChI is InChI=1S/C25H20FIN2O3S/c1-15-7-9-18(10-8-15)28-25-29-24(30)22(33-25)13-16-11-20(27)23(21(12-16)31-2)32-14-17-5-3-4-6-19(17)26/h3-13H,14H2,1-2H3,(H,28,29,30)/b22-13+. The maximum absolute atomic E-state index is 13.9. The normalized spacial score (nSPS) is 15.7. The molecule has 0 saturated carbocycles. The first-order chi connectivity index (χ1) is 15.9. The predicted molar refractivity (Wildman–Crippen MR) is 138 cm³/mol. The van der Waals surface area contributed by atoms with Crippen LogP contribution < -0.4 is 14.8 Å². The molecule has 0 radical (unpaired) electrons. The Morgan fingerprint density at radius 3 is 2.64 bits per heavy atom. The van der Waals surface area contributed by atoms with E-state index in [0.717, 1.165) is 20.4 Å². The molecule has 0 spiro atoms. The lowest BCUT2D eigenvalue weighted by Gasteiger charge is -2.14. The highest BCUT2D eigenvalue weighted by Gasteiger charge is 2.24. The van der Waals surface area contributed by atoms with E-state index in [1.54, 1.807) is 37.5 Å². The Labute approximate surface area is 209 Å². The third kappa shape index (κ3) is 5.75. The molecule has 1 heterocycles. The molecule has 0 aromatic heterocycles. The fourth-order valence-electron chi connectivity index (χ4n) is 3.10. The fraction of sp³-hybridized carbons (Fsp3) is 0.120. The van der Waals surface area contributed by atoms with Gasteiger partial charge in [0.2, 0.25) is 0 Å². The van der Waals surface area contributed by atoms with Gasteiger partial charge in [-0.1, -0.05) is 35.9 Å². The zero-order chi connectivity index (χ0) is 23.4. The zero-order valence-electron chi connectivity index (χ0n) is 17.9. The van der Waals surface area contributed by atoms with Crippen molar-refractivity contribution in [2.24, 2.45) is 4.99 Å². The summed E-state index contributed by atoms with van der Waals surface area (Å²) in [6.07, 6.45) is 1.78. The lowest BCUT2D eigenvalue weighted by Crippen LogP contribution is -2.19. The number of aliphatic imine (C=N–C) groups is 1. The number of carbonyl (C=O) groups excluding carboxylic acids is 1. The molecule has 1 aliphatic heterocycles. The third-order valence-electron chi connectivity index (χ3n) is 4.79. The fourth-order valence-corrected chi connectivity index (χ4v) is 4.72. The number of amidine groups is 1. The Kier molecular flexibility index (Phi) is 7.34. The number of hydrogen-bond acceptors (Lipinski definition) is 5. The average molecular weight is 574 g/mol. The summed E-state index contributed by atoms with van der Waals surface area (Å²) in [6.45, 7) is 2.09. The molecular formula is C25H20FIN2O3S. The van der Waals surface area contributed by atoms with Crippen LogP contribution >= 0.6 is 34.4 Å². The predicted octanol–water partition coefficient (Wildman–Crippen LogP) is 6.22. The first-order valence-corrected chi connectivity index (χ1v) is 11.9. The third-order valence-corrected chi connectivity index (χ3v) is 6.51. The number of nitrogens with zero attached hydrogens (tertiary/aromatic N) is 1. The van der Waals surface area contributed by atoms with Gasteiger partial charge in [0, 0.05) is 5.56 Å². The maximum atomic E-state index is 13.9. The molecule has 0 bridgehead atoms. The summed E-state index contributed by atoms with van der Waals surface area (Å²) >= 11 is 3.42. The van der Waals surface area contributed by atoms with Crippen LogP contribution in [0.2, 0.25) is 0 Å². The van der Waals surface area contributed by atoms with Crippen LogP contribution in [0.5, 0.6) is 11.5 Å². The second-order valence-electron chi connectivity index (χ2n) is 7.23. The van der Waals surface area contributed by atoms with Crippen LogP contribution in [0.15, 0.2) is 70.6 Å². The van der Waals surface area contributed by atoms with Crippen molar-refractivity contribution in [3.63, 3.8) is 0 Å². The maximum Gasteiger partial charge on any atom is 0.264 e. The quantitative estimate of drug-likeness (QED) is 0.281. The number of nitrogens with one attached hydrogen (secondary N) is 1. The van der Waals surface area contributed by atoms with Crippen LogP contribution in [0.4, 0.5) is 10.1 Å². The Morgan fingerprint density at radius 2 is 1.91 bits per heavy atom. The Balaban J connectivity index is 1.54. The number of ether oxygens (including phenoxy) is 2. The number of carbonyl (C=O) groups is 1. The van der Waals surface area contributed by atoms with Crippen LogP contribution in [-0.4, -0.2) is 18.2 Å². The molecule has 8 heteroatoms. The summed E-state index contributed by atoms with van der Waals surface area (Å²) in [7, 11) is 1.54. The minimum absolute atomic E-state index is 0.0799. The number of amides is 1. The summed E-state index contributed by atoms with van der Waals surface area (Å²) in [5, 5.41) is 3.33. The van der Waals surface area contributed by atoms with E-state index in [1.165, 1.54) is 17.8 Å². The molecule has 1 amide bonds. The molecule has 1 fully saturated rings. The van der Waals surface area contributed by atoms with Crippen molar-refractivity contribution >= 4 is 57.2 Å². The molecule has 1 aliphatic rings. The Hall–Kier alpha value is -2.85. The number of thioether (sulfide) groups is 1. The topological polar surface area (TPSA) is 59.9 Å². The van der Waals surface area contributed by atoms with E-state index >= 15 is 0 Å². The largest absolute Gasteiger partial charge is 0.493 e. The van der Waals surface area contributed by atoms with Gasteiger partial charge in [-0.25, -0.2) is 9.38 Å². The SMILES string of the molecule is COc1cc(/C=C2/SC(=Nc3ccc(C)cc3)NC2=O)cc(I)c1OCc1ccccc1F. The van der Waals surface area contributed by atoms with Gasteiger partial charge in [0.25, 0.3) is 5.91 Å². The van der Waals surface area contributed by atoms with Crippen molar-refractivity contribution in [3.8, 4) is 11.5 Å². The number of rotatable bonds is 6. The van der Waals surface area contributed by atoms with Gasteiger partial charge in [0.05, 0.1) is 21.3 Å². The first-order valence-electron chi connectivity index (χ1n) is 10.0. The second-order valence-corrected chi connectivity index (χ2v) is 9.42. The highest BCUT2D eigenvalue weighted by atomic mass is 127. The van der Waals surface area contributed by atoms with Crippen molar-refractivity contribution in [3.05, 3.63) is 91.6 Å². The van der Waals surface area contributed by atoms with Gasteiger partial charge < -0.3 is 14.8 Å². The van der Waals surface area contributed by atoms with Gasteiger partial charge >= 0.3 is 0 Å². The lowest BCUT2D eigenvalue weighted by molar-refractivity contribution is -0.115. The van der Waals surface area contributed by atoms with Gasteiger partial charge in [0.1, 0.15) is 12.4 Å². The minimum atomic E-state index is -0.319. The summed E-state index contributed by atoms with van der Waals surface area (Å²) in [5.74, 6) is 0.496. The number of benzene rings is 3. The molecule has 1 N–H and O–H groups in total. The van der Waals surface area contributed by atoms with Crippen LogP contribution in [0.1, 0.15) is 16.7 Å². The molecule has 168 valence electrons. The molecule has 33 heavy (non-hydrogen) atoms. The highest BCUT2D eigenvalue weighted by molar-refractivity contribution is 14.1. The van der Waals surface area contributed by atoms with Crippen molar-refractivity contribution in [1.82, 2.24) is 5.32 Å². The Bertz CT molecular complexity index is 1260. The molecule has 0 unspecified atom stereocenters. The number of hydrogen-bond donors (Lipinski definition) is 1. The monoisotopic (exact) mass is 574 g/mol. The summed E-state index contributed by atoms with van der Waals surface area (Å²) < 4.78 is 26.1. The molecule has 3 aromatic rings. The smallest absolute Gasteiger partial charge is 0.264 e. The van der Waals surface area contributed by atoms with Crippen LogP contribution in [0.3, 0.4) is 0 Å². The van der Waals surface area contributed by atoms with Crippen LogP contribution in [0, 0.1) is 16.3 Å². The first kappa shape index (κ1) is 23.3. The molecule has 0 aliphatic carbocycles. The molecule has 1 saturated heterocycles. The molecular weight excluding hydrogens is 554 g/mol. The number of methoxy groups -OCH3 is 1. The molecule has 4 rings (SSSR count). The van der Waals surface area contributed by atoms with E-state index in [4.69, 9.17) is 9.47 Å². The molecule has 0 atom stereocenters. The highest BCUT2D eigenvalue weighted by Crippen LogP contribution is 2.36. The molecule has 5 nitrogen and oxygen atoms in total. The number of aryl methyl sites for hydroxylation is 1. The van der Waals surface area contributed by atoms with Gasteiger partial charge in [-0.3, -0.25) is 4.79 Å². The van der Waals surface area contributed by atoms with Gasteiger partial charge in [-0.2, -0.15) is 0 Å². The van der Waals surface area contributed by atoms with Crippen molar-refractivity contribution in [2.75, 3.05) is 7.11 Å². The van der Waals surface area contributed by atoms with E-state index in [1.807, 2.05) is 37.3 Å². The van der Waals surface area contributed by atoms with Crippen molar-refractivity contribution < 1.29 is 18.7 Å². The summed E-state index contributed by atoms with van der Waals surface area (Å²) in [6, 6.07) is 17.9. The minimum Gasteiger partial charge on any atom is -0.493 e. The van der Waals surface area contributed by atoms with E-state index in [-0.39, 0.29) is 18.3 Å². The second kappa shape index (κ2) is 10.4. The van der Waals surface area contributed by atoms with E-state index < -0.39 is 0 Å². The van der Waals surface area contributed by atoms with Crippen LogP contribution in [-0.2, 0) is 11.4 Å². The number of halogens is 2. The van der Waals surface area contributed by atoms with Gasteiger partial charge in [-0.05, 0) is 83.2 Å². The van der Waals surface area contributed by atoms with Crippen molar-refractivity contribution in [1.29, 1.82) is 0 Å². The van der Waals surface area contributed by atoms with E-state index in [0.29, 0.717) is 27.1 Å². The lowest BCUT2D eigenvalue weighted by atomic mass is 10.1. The molecule has 3 aromatic carbocycles.